The van der Waals surface area contributed by atoms with Gasteiger partial charge in [0.15, 0.2) is 0 Å². The van der Waals surface area contributed by atoms with Crippen LogP contribution in [0.1, 0.15) is 12.0 Å². The minimum Gasteiger partial charge on any atom is -0.345 e. The van der Waals surface area contributed by atoms with Crippen molar-refractivity contribution in [3.63, 3.8) is 0 Å². The third-order valence-corrected chi connectivity index (χ3v) is 3.45. The Balaban J connectivity index is 2.30. The number of hydrogen-bond donors (Lipinski definition) is 0. The highest BCUT2D eigenvalue weighted by Gasteiger charge is 2.05. The van der Waals surface area contributed by atoms with Gasteiger partial charge in [0.05, 0.1) is 0 Å². The summed E-state index contributed by atoms with van der Waals surface area (Å²) < 4.78 is 0. The first-order chi connectivity index (χ1) is 8.13. The van der Waals surface area contributed by atoms with Crippen molar-refractivity contribution in [2.24, 2.45) is 0 Å². The Morgan fingerprint density at radius 1 is 1.41 bits per heavy atom. The fourth-order valence-corrected chi connectivity index (χ4v) is 2.27. The Bertz CT molecular complexity index is 372. The molecule has 1 rings (SSSR count). The molecule has 1 aromatic rings. The van der Waals surface area contributed by atoms with Crippen LogP contribution in [-0.2, 0) is 4.79 Å². The van der Waals surface area contributed by atoms with E-state index in [1.807, 2.05) is 7.05 Å². The van der Waals surface area contributed by atoms with E-state index in [-0.39, 0.29) is 5.91 Å². The zero-order chi connectivity index (χ0) is 12.7. The number of carbonyl (C=O) groups is 1. The zero-order valence-corrected chi connectivity index (χ0v) is 11.3. The van der Waals surface area contributed by atoms with Crippen molar-refractivity contribution in [3.8, 4) is 0 Å². The van der Waals surface area contributed by atoms with E-state index in [2.05, 4.69) is 37.8 Å². The van der Waals surface area contributed by atoms with Crippen LogP contribution in [0.25, 0.3) is 0 Å². The second-order valence-electron chi connectivity index (χ2n) is 3.97. The van der Waals surface area contributed by atoms with E-state index in [1.54, 1.807) is 22.7 Å². The van der Waals surface area contributed by atoms with E-state index in [4.69, 9.17) is 0 Å². The van der Waals surface area contributed by atoms with E-state index < -0.39 is 0 Å². The van der Waals surface area contributed by atoms with Crippen LogP contribution in [0.5, 0.6) is 0 Å². The molecule has 0 aromatic heterocycles. The predicted octanol–water partition coefficient (Wildman–Crippen LogP) is 3.12. The lowest BCUT2D eigenvalue weighted by Gasteiger charge is -2.15. The van der Waals surface area contributed by atoms with Gasteiger partial charge >= 0.3 is 0 Å². The van der Waals surface area contributed by atoms with Crippen LogP contribution in [-0.4, -0.2) is 30.2 Å². The van der Waals surface area contributed by atoms with Crippen molar-refractivity contribution in [1.82, 2.24) is 4.90 Å². The summed E-state index contributed by atoms with van der Waals surface area (Å²) in [5.74, 6) is 1.05. The molecule has 0 saturated carbocycles. The number of hydrogen-bond acceptors (Lipinski definition) is 2. The van der Waals surface area contributed by atoms with Crippen molar-refractivity contribution in [3.05, 3.63) is 42.5 Å². The highest BCUT2D eigenvalue weighted by atomic mass is 32.2. The Hall–Kier alpha value is -1.22. The van der Waals surface area contributed by atoms with Crippen LogP contribution in [0.4, 0.5) is 0 Å². The van der Waals surface area contributed by atoms with E-state index in [0.717, 1.165) is 12.3 Å². The van der Waals surface area contributed by atoms with Gasteiger partial charge < -0.3 is 4.90 Å². The molecular weight excluding hydrogens is 230 g/mol. The molecule has 92 valence electrons. The molecule has 0 saturated heterocycles. The van der Waals surface area contributed by atoms with Gasteiger partial charge in [-0.1, -0.05) is 23.8 Å². The van der Waals surface area contributed by atoms with Crippen molar-refractivity contribution < 1.29 is 4.79 Å². The molecule has 0 aliphatic heterocycles. The second-order valence-corrected chi connectivity index (χ2v) is 5.14. The van der Waals surface area contributed by atoms with Gasteiger partial charge in [-0.15, -0.1) is 18.3 Å². The van der Waals surface area contributed by atoms with Crippen molar-refractivity contribution in [1.29, 1.82) is 0 Å². The van der Waals surface area contributed by atoms with E-state index in [1.165, 1.54) is 10.5 Å². The van der Waals surface area contributed by atoms with Gasteiger partial charge in [-0.05, 0) is 19.1 Å². The Morgan fingerprint density at radius 3 is 2.65 bits per heavy atom. The maximum absolute atomic E-state index is 11.5. The number of rotatable bonds is 6. The highest BCUT2D eigenvalue weighted by Crippen LogP contribution is 2.18. The lowest BCUT2D eigenvalue weighted by atomic mass is 10.2. The van der Waals surface area contributed by atoms with Crippen LogP contribution in [0.15, 0.2) is 41.8 Å². The van der Waals surface area contributed by atoms with Gasteiger partial charge in [-0.25, -0.2) is 0 Å². The number of thioether (sulfide) groups is 1. The SMILES string of the molecule is C=CCC(=O)N(C)CCSc1ccc(C)cc1. The molecule has 17 heavy (non-hydrogen) atoms. The third-order valence-electron chi connectivity index (χ3n) is 2.46. The molecule has 0 atom stereocenters. The number of amides is 1. The van der Waals surface area contributed by atoms with Crippen LogP contribution in [0.3, 0.4) is 0 Å². The molecule has 1 amide bonds. The summed E-state index contributed by atoms with van der Waals surface area (Å²) in [6.07, 6.45) is 2.07. The summed E-state index contributed by atoms with van der Waals surface area (Å²) in [4.78, 5) is 14.5. The van der Waals surface area contributed by atoms with Gasteiger partial charge in [0.25, 0.3) is 0 Å². The minimum atomic E-state index is 0.129. The molecule has 0 aliphatic carbocycles. The van der Waals surface area contributed by atoms with Crippen molar-refractivity contribution in [2.75, 3.05) is 19.3 Å². The summed E-state index contributed by atoms with van der Waals surface area (Å²) in [6.45, 7) is 6.42. The third kappa shape index (κ3) is 5.09. The van der Waals surface area contributed by atoms with Gasteiger partial charge in [-0.2, -0.15) is 0 Å². The average molecular weight is 249 g/mol. The molecule has 0 heterocycles. The molecule has 0 radical (unpaired) electrons. The smallest absolute Gasteiger partial charge is 0.226 e. The average Bonchev–Trinajstić information content (AvgIpc) is 2.32. The maximum Gasteiger partial charge on any atom is 0.226 e. The second kappa shape index (κ2) is 7.17. The predicted molar refractivity (Wildman–Crippen MR) is 74.4 cm³/mol. The Kier molecular flexibility index (Phi) is 5.84. The summed E-state index contributed by atoms with van der Waals surface area (Å²) in [5.41, 5.74) is 1.27. The largest absolute Gasteiger partial charge is 0.345 e. The van der Waals surface area contributed by atoms with E-state index >= 15 is 0 Å². The quantitative estimate of drug-likeness (QED) is 0.570. The van der Waals surface area contributed by atoms with Gasteiger partial charge in [-0.3, -0.25) is 4.79 Å². The summed E-state index contributed by atoms with van der Waals surface area (Å²) >= 11 is 1.77. The van der Waals surface area contributed by atoms with E-state index in [0.29, 0.717) is 6.42 Å². The van der Waals surface area contributed by atoms with Crippen LogP contribution >= 0.6 is 11.8 Å². The Morgan fingerprint density at radius 2 is 2.06 bits per heavy atom. The summed E-state index contributed by atoms with van der Waals surface area (Å²) in [6, 6.07) is 8.45. The molecule has 0 spiro atoms. The maximum atomic E-state index is 11.5. The summed E-state index contributed by atoms with van der Waals surface area (Å²) in [5, 5.41) is 0. The van der Waals surface area contributed by atoms with E-state index in [9.17, 15) is 4.79 Å². The molecular formula is C14H19NOS. The fraction of sp³-hybridized carbons (Fsp3) is 0.357. The molecule has 0 bridgehead atoms. The monoisotopic (exact) mass is 249 g/mol. The lowest BCUT2D eigenvalue weighted by Crippen LogP contribution is -2.28. The fourth-order valence-electron chi connectivity index (χ4n) is 1.34. The number of aryl methyl sites for hydroxylation is 1. The molecule has 0 N–H and O–H groups in total. The molecule has 0 fully saturated rings. The standard InChI is InChI=1S/C14H19NOS/c1-4-5-14(16)15(3)10-11-17-13-8-6-12(2)7-9-13/h4,6-9H,1,5,10-11H2,2-3H3. The van der Waals surface area contributed by atoms with Gasteiger partial charge in [0.1, 0.15) is 0 Å². The first-order valence-corrected chi connectivity index (χ1v) is 6.66. The number of benzene rings is 1. The minimum absolute atomic E-state index is 0.129. The molecule has 0 unspecified atom stereocenters. The highest BCUT2D eigenvalue weighted by molar-refractivity contribution is 7.99. The Labute approximate surface area is 108 Å². The number of nitrogens with zero attached hydrogens (tertiary/aromatic N) is 1. The van der Waals surface area contributed by atoms with Crippen molar-refractivity contribution >= 4 is 17.7 Å². The topological polar surface area (TPSA) is 20.3 Å². The first-order valence-electron chi connectivity index (χ1n) is 5.68. The lowest BCUT2D eigenvalue weighted by molar-refractivity contribution is -0.128. The summed E-state index contributed by atoms with van der Waals surface area (Å²) in [7, 11) is 1.83. The molecule has 3 heteroatoms. The van der Waals surface area contributed by atoms with Crippen molar-refractivity contribution in [2.45, 2.75) is 18.2 Å². The zero-order valence-electron chi connectivity index (χ0n) is 10.5. The number of carbonyl (C=O) groups excluding carboxylic acids is 1. The van der Waals surface area contributed by atoms with Crippen LogP contribution in [0.2, 0.25) is 0 Å². The normalized spacial score (nSPS) is 10.0. The van der Waals surface area contributed by atoms with Gasteiger partial charge in [0, 0.05) is 30.7 Å². The molecule has 2 nitrogen and oxygen atoms in total. The molecule has 0 aliphatic rings. The molecule has 1 aromatic carbocycles. The van der Waals surface area contributed by atoms with Gasteiger partial charge in [0.2, 0.25) is 5.91 Å². The first kappa shape index (κ1) is 13.8. The van der Waals surface area contributed by atoms with Crippen LogP contribution in [0, 0.1) is 6.92 Å². The van der Waals surface area contributed by atoms with Crippen LogP contribution < -0.4 is 0 Å².